The van der Waals surface area contributed by atoms with Crippen LogP contribution in [0.5, 0.6) is 0 Å². The van der Waals surface area contributed by atoms with Crippen LogP contribution in [0.2, 0.25) is 0 Å². The van der Waals surface area contributed by atoms with Gasteiger partial charge in [0.25, 0.3) is 0 Å². The summed E-state index contributed by atoms with van der Waals surface area (Å²) in [4.78, 5) is 0. The summed E-state index contributed by atoms with van der Waals surface area (Å²) in [5.74, 6) is -0.792. The van der Waals surface area contributed by atoms with E-state index in [1.54, 1.807) is 33.9 Å². The smallest absolute Gasteiger partial charge is 0.168 e. The van der Waals surface area contributed by atoms with Crippen molar-refractivity contribution in [3.8, 4) is 0 Å². The fourth-order valence-corrected chi connectivity index (χ4v) is 5.53. The van der Waals surface area contributed by atoms with E-state index in [-0.39, 0.29) is 47.8 Å². The zero-order chi connectivity index (χ0) is 17.5. The summed E-state index contributed by atoms with van der Waals surface area (Å²) in [6.07, 6.45) is 7.12. The molecule has 2 aromatic rings. The van der Waals surface area contributed by atoms with Crippen LogP contribution in [0, 0.1) is 0 Å². The number of halogens is 2. The minimum atomic E-state index is -3.40. The minimum Gasteiger partial charge on any atom is -1.00 e. The van der Waals surface area contributed by atoms with Crippen molar-refractivity contribution in [2.45, 2.75) is 13.1 Å². The Balaban J connectivity index is 0.00000312. The normalized spacial score (nSPS) is 11.2. The topological polar surface area (TPSA) is 76.0 Å². The SMILES string of the molecule is O=S(=O)(CC[n+]1ccccc1)CCS(=O)(=O)CC[n+]1ccccc1.[Cl-].[Cl-]. The van der Waals surface area contributed by atoms with Crippen LogP contribution in [0.1, 0.15) is 0 Å². The zero-order valence-electron chi connectivity index (χ0n) is 14.1. The van der Waals surface area contributed by atoms with Gasteiger partial charge in [-0.1, -0.05) is 12.1 Å². The summed E-state index contributed by atoms with van der Waals surface area (Å²) in [5.41, 5.74) is 0. The van der Waals surface area contributed by atoms with E-state index < -0.39 is 19.7 Å². The van der Waals surface area contributed by atoms with E-state index in [0.29, 0.717) is 13.1 Å². The Labute approximate surface area is 167 Å². The number of sulfone groups is 2. The lowest BCUT2D eigenvalue weighted by molar-refractivity contribution is -0.692. The fraction of sp³-hybridized carbons (Fsp3) is 0.375. The van der Waals surface area contributed by atoms with Crippen molar-refractivity contribution in [2.24, 2.45) is 0 Å². The molecule has 0 aliphatic heterocycles. The van der Waals surface area contributed by atoms with E-state index >= 15 is 0 Å². The van der Waals surface area contributed by atoms with E-state index in [2.05, 4.69) is 0 Å². The summed E-state index contributed by atoms with van der Waals surface area (Å²) in [6.45, 7) is 0.645. The van der Waals surface area contributed by atoms with Gasteiger partial charge in [-0.15, -0.1) is 0 Å². The van der Waals surface area contributed by atoms with Gasteiger partial charge >= 0.3 is 0 Å². The van der Waals surface area contributed by atoms with Crippen molar-refractivity contribution in [3.63, 3.8) is 0 Å². The van der Waals surface area contributed by atoms with E-state index in [0.717, 1.165) is 0 Å². The molecule has 2 rings (SSSR count). The van der Waals surface area contributed by atoms with Gasteiger partial charge < -0.3 is 24.8 Å². The van der Waals surface area contributed by atoms with Gasteiger partial charge in [0.2, 0.25) is 0 Å². The number of hydrogen-bond acceptors (Lipinski definition) is 4. The maximum atomic E-state index is 12.0. The predicted molar refractivity (Wildman–Crippen MR) is 90.6 cm³/mol. The molecule has 0 aliphatic carbocycles. The maximum Gasteiger partial charge on any atom is 0.168 e. The molecule has 0 unspecified atom stereocenters. The predicted octanol–water partition coefficient (Wildman–Crippen LogP) is -6.20. The van der Waals surface area contributed by atoms with Crippen molar-refractivity contribution >= 4 is 19.7 Å². The molecule has 0 aliphatic rings. The third kappa shape index (κ3) is 9.47. The zero-order valence-corrected chi connectivity index (χ0v) is 17.3. The lowest BCUT2D eigenvalue weighted by Gasteiger charge is -2.04. The molecular formula is C16H22Cl2N2O4S2. The second-order valence-electron chi connectivity index (χ2n) is 5.53. The molecule has 0 bridgehead atoms. The van der Waals surface area contributed by atoms with Crippen LogP contribution in [0.4, 0.5) is 0 Å². The number of pyridine rings is 2. The molecule has 10 heteroatoms. The summed E-state index contributed by atoms with van der Waals surface area (Å²) >= 11 is 0. The first-order chi connectivity index (χ1) is 11.4. The molecule has 146 valence electrons. The quantitative estimate of drug-likeness (QED) is 0.363. The van der Waals surface area contributed by atoms with Crippen LogP contribution in [0.15, 0.2) is 61.2 Å². The molecule has 0 atom stereocenters. The van der Waals surface area contributed by atoms with Crippen LogP contribution < -0.4 is 33.9 Å². The van der Waals surface area contributed by atoms with Crippen molar-refractivity contribution in [2.75, 3.05) is 23.0 Å². The third-order valence-corrected chi connectivity index (χ3v) is 7.10. The lowest BCUT2D eigenvalue weighted by Crippen LogP contribution is -3.00. The Hall–Kier alpha value is -1.22. The number of rotatable bonds is 9. The fourth-order valence-electron chi connectivity index (χ4n) is 2.11. The lowest BCUT2D eigenvalue weighted by atomic mass is 10.5. The van der Waals surface area contributed by atoms with Crippen LogP contribution in [0.25, 0.3) is 0 Å². The molecule has 0 fully saturated rings. The maximum absolute atomic E-state index is 12.0. The van der Waals surface area contributed by atoms with Gasteiger partial charge in [0.05, 0.1) is 11.5 Å². The van der Waals surface area contributed by atoms with Gasteiger partial charge in [0, 0.05) is 24.3 Å². The Morgan fingerprint density at radius 2 is 0.808 bits per heavy atom. The third-order valence-electron chi connectivity index (χ3n) is 3.58. The van der Waals surface area contributed by atoms with Crippen LogP contribution in [-0.4, -0.2) is 39.8 Å². The van der Waals surface area contributed by atoms with Gasteiger partial charge in [-0.25, -0.2) is 26.0 Å². The first kappa shape index (κ1) is 24.8. The molecule has 0 radical (unpaired) electrons. The average Bonchev–Trinajstić information content (AvgIpc) is 2.59. The number of nitrogens with zero attached hydrogens (tertiary/aromatic N) is 2. The van der Waals surface area contributed by atoms with Crippen LogP contribution in [0.3, 0.4) is 0 Å². The molecular weight excluding hydrogens is 419 g/mol. The van der Waals surface area contributed by atoms with Crippen molar-refractivity contribution in [3.05, 3.63) is 61.2 Å². The second-order valence-corrected chi connectivity index (χ2v) is 10.1. The monoisotopic (exact) mass is 440 g/mol. The standard InChI is InChI=1S/C16H22N2O4S2.2ClH/c19-23(20,13-11-17-7-3-1-4-8-17)15-16-24(21,22)14-12-18-9-5-2-6-10-18;;/h1-10H,11-16H2;2*1H/q+2;;/p-2. The Morgan fingerprint density at radius 1 is 0.500 bits per heavy atom. The first-order valence-electron chi connectivity index (χ1n) is 7.65. The van der Waals surface area contributed by atoms with Crippen LogP contribution in [-0.2, 0) is 32.8 Å². The number of hydrogen-bond donors (Lipinski definition) is 0. The van der Waals surface area contributed by atoms with Gasteiger partial charge in [-0.2, -0.15) is 0 Å². The van der Waals surface area contributed by atoms with Crippen LogP contribution >= 0.6 is 0 Å². The van der Waals surface area contributed by atoms with Crippen molar-refractivity contribution in [1.82, 2.24) is 0 Å². The molecule has 26 heavy (non-hydrogen) atoms. The highest BCUT2D eigenvalue weighted by molar-refractivity contribution is 7.95. The van der Waals surface area contributed by atoms with Crippen molar-refractivity contribution < 1.29 is 50.8 Å². The molecule has 2 heterocycles. The van der Waals surface area contributed by atoms with Gasteiger partial charge in [0.1, 0.15) is 11.5 Å². The van der Waals surface area contributed by atoms with Gasteiger partial charge in [-0.05, 0) is 0 Å². The highest BCUT2D eigenvalue weighted by atomic mass is 35.5. The van der Waals surface area contributed by atoms with E-state index in [4.69, 9.17) is 0 Å². The largest absolute Gasteiger partial charge is 1.00 e. The second kappa shape index (κ2) is 11.5. The minimum absolute atomic E-state index is 0. The average molecular weight is 441 g/mol. The Morgan fingerprint density at radius 3 is 1.12 bits per heavy atom. The number of aromatic nitrogens is 2. The Bertz CT molecular complexity index is 773. The molecule has 0 N–H and O–H groups in total. The summed E-state index contributed by atoms with van der Waals surface area (Å²) in [6, 6.07) is 11.0. The molecule has 0 spiro atoms. The highest BCUT2D eigenvalue weighted by Crippen LogP contribution is 1.97. The first-order valence-corrected chi connectivity index (χ1v) is 11.3. The van der Waals surface area contributed by atoms with Gasteiger partial charge in [-0.3, -0.25) is 0 Å². The summed E-state index contributed by atoms with van der Waals surface area (Å²) in [5, 5.41) is 0. The highest BCUT2D eigenvalue weighted by Gasteiger charge is 2.20. The summed E-state index contributed by atoms with van der Waals surface area (Å²) in [7, 11) is -6.81. The van der Waals surface area contributed by atoms with E-state index in [1.807, 2.05) is 36.4 Å². The molecule has 0 saturated carbocycles. The molecule has 0 saturated heterocycles. The number of aryl methyl sites for hydroxylation is 2. The summed E-state index contributed by atoms with van der Waals surface area (Å²) < 4.78 is 51.7. The molecule has 0 amide bonds. The Kier molecular flexibility index (Phi) is 10.9. The van der Waals surface area contributed by atoms with E-state index in [1.165, 1.54) is 0 Å². The van der Waals surface area contributed by atoms with Crippen molar-refractivity contribution in [1.29, 1.82) is 0 Å². The van der Waals surface area contributed by atoms with E-state index in [9.17, 15) is 16.8 Å². The molecule has 2 aromatic heterocycles. The molecule has 0 aromatic carbocycles. The van der Waals surface area contributed by atoms with Gasteiger partial charge in [0.15, 0.2) is 57.6 Å². The molecule has 6 nitrogen and oxygen atoms in total.